The van der Waals surface area contributed by atoms with Crippen molar-refractivity contribution in [1.82, 2.24) is 0 Å². The molecule has 84 valence electrons. The van der Waals surface area contributed by atoms with E-state index in [0.717, 1.165) is 11.1 Å². The SMILES string of the molecule is Cc1cccc(C(O)(CN)C(C)(C)C)c1. The Morgan fingerprint density at radius 3 is 2.27 bits per heavy atom. The molecular weight excluding hydrogens is 186 g/mol. The maximum absolute atomic E-state index is 10.6. The van der Waals surface area contributed by atoms with Crippen LogP contribution in [-0.4, -0.2) is 11.7 Å². The lowest BCUT2D eigenvalue weighted by atomic mass is 9.72. The molecule has 0 saturated carbocycles. The van der Waals surface area contributed by atoms with Crippen molar-refractivity contribution in [2.45, 2.75) is 33.3 Å². The van der Waals surface area contributed by atoms with Crippen molar-refractivity contribution in [1.29, 1.82) is 0 Å². The van der Waals surface area contributed by atoms with Gasteiger partial charge in [0.15, 0.2) is 0 Å². The molecule has 0 aliphatic carbocycles. The summed E-state index contributed by atoms with van der Waals surface area (Å²) in [6, 6.07) is 7.91. The minimum atomic E-state index is -0.959. The second-order valence-electron chi connectivity index (χ2n) is 5.18. The lowest BCUT2D eigenvalue weighted by Crippen LogP contribution is -2.46. The van der Waals surface area contributed by atoms with Gasteiger partial charge in [-0.2, -0.15) is 0 Å². The zero-order valence-corrected chi connectivity index (χ0v) is 10.0. The molecule has 1 atom stereocenters. The third kappa shape index (κ3) is 2.21. The van der Waals surface area contributed by atoms with E-state index in [4.69, 9.17) is 5.73 Å². The van der Waals surface area contributed by atoms with Crippen LogP contribution in [0.5, 0.6) is 0 Å². The van der Waals surface area contributed by atoms with Gasteiger partial charge in [0.2, 0.25) is 0 Å². The summed E-state index contributed by atoms with van der Waals surface area (Å²) in [5, 5.41) is 10.6. The fourth-order valence-corrected chi connectivity index (χ4v) is 1.76. The monoisotopic (exact) mass is 207 g/mol. The van der Waals surface area contributed by atoms with E-state index in [0.29, 0.717) is 0 Å². The molecule has 0 bridgehead atoms. The minimum absolute atomic E-state index is 0.236. The Morgan fingerprint density at radius 2 is 1.87 bits per heavy atom. The molecule has 0 aliphatic rings. The molecule has 0 saturated heterocycles. The molecule has 1 aromatic carbocycles. The molecule has 0 spiro atoms. The first-order valence-electron chi connectivity index (χ1n) is 5.31. The average molecular weight is 207 g/mol. The second-order valence-corrected chi connectivity index (χ2v) is 5.18. The highest BCUT2D eigenvalue weighted by molar-refractivity contribution is 5.29. The Balaban J connectivity index is 3.23. The van der Waals surface area contributed by atoms with Crippen LogP contribution in [0.2, 0.25) is 0 Å². The van der Waals surface area contributed by atoms with Crippen LogP contribution in [0, 0.1) is 12.3 Å². The van der Waals surface area contributed by atoms with Gasteiger partial charge in [-0.1, -0.05) is 50.6 Å². The number of benzene rings is 1. The summed E-state index contributed by atoms with van der Waals surface area (Å²) in [5.41, 5.74) is 6.54. The van der Waals surface area contributed by atoms with Crippen molar-refractivity contribution in [2.24, 2.45) is 11.1 Å². The molecule has 1 rings (SSSR count). The first-order chi connectivity index (χ1) is 6.81. The van der Waals surface area contributed by atoms with Crippen LogP contribution in [0.3, 0.4) is 0 Å². The molecule has 1 aromatic rings. The third-order valence-electron chi connectivity index (χ3n) is 3.03. The number of hydrogen-bond acceptors (Lipinski definition) is 2. The third-order valence-corrected chi connectivity index (χ3v) is 3.03. The van der Waals surface area contributed by atoms with E-state index >= 15 is 0 Å². The van der Waals surface area contributed by atoms with Gasteiger partial charge in [0.05, 0.1) is 0 Å². The van der Waals surface area contributed by atoms with E-state index in [-0.39, 0.29) is 12.0 Å². The van der Waals surface area contributed by atoms with Crippen LogP contribution in [0.1, 0.15) is 31.9 Å². The standard InChI is InChI=1S/C13H21NO/c1-10-6-5-7-11(8-10)13(15,9-14)12(2,3)4/h5-8,15H,9,14H2,1-4H3. The van der Waals surface area contributed by atoms with E-state index < -0.39 is 5.60 Å². The fourth-order valence-electron chi connectivity index (χ4n) is 1.76. The number of rotatable bonds is 2. The quantitative estimate of drug-likeness (QED) is 0.781. The van der Waals surface area contributed by atoms with Crippen LogP contribution in [0.25, 0.3) is 0 Å². The Labute approximate surface area is 92.1 Å². The normalized spacial score (nSPS) is 16.1. The van der Waals surface area contributed by atoms with Gasteiger partial charge in [-0.3, -0.25) is 0 Å². The molecule has 0 radical (unpaired) electrons. The van der Waals surface area contributed by atoms with Crippen molar-refractivity contribution in [2.75, 3.05) is 6.54 Å². The van der Waals surface area contributed by atoms with Crippen molar-refractivity contribution in [3.05, 3.63) is 35.4 Å². The highest BCUT2D eigenvalue weighted by Gasteiger charge is 2.40. The maximum atomic E-state index is 10.6. The molecule has 2 nitrogen and oxygen atoms in total. The van der Waals surface area contributed by atoms with Crippen LogP contribution in [-0.2, 0) is 5.60 Å². The predicted molar refractivity (Wildman–Crippen MR) is 63.6 cm³/mol. The summed E-state index contributed by atoms with van der Waals surface area (Å²) < 4.78 is 0. The minimum Gasteiger partial charge on any atom is -0.383 e. The fraction of sp³-hybridized carbons (Fsp3) is 0.538. The highest BCUT2D eigenvalue weighted by Crippen LogP contribution is 2.38. The second kappa shape index (κ2) is 3.95. The Kier molecular flexibility index (Phi) is 3.22. The first kappa shape index (κ1) is 12.2. The molecule has 0 amide bonds. The van der Waals surface area contributed by atoms with E-state index in [1.54, 1.807) is 0 Å². The van der Waals surface area contributed by atoms with E-state index in [1.807, 2.05) is 52.0 Å². The zero-order valence-electron chi connectivity index (χ0n) is 10.0. The first-order valence-corrected chi connectivity index (χ1v) is 5.31. The molecule has 0 fully saturated rings. The van der Waals surface area contributed by atoms with Gasteiger partial charge in [0.1, 0.15) is 5.60 Å². The number of aryl methyl sites for hydroxylation is 1. The van der Waals surface area contributed by atoms with E-state index in [9.17, 15) is 5.11 Å². The Bertz CT molecular complexity index is 341. The van der Waals surface area contributed by atoms with Crippen molar-refractivity contribution in [3.63, 3.8) is 0 Å². The van der Waals surface area contributed by atoms with Crippen molar-refractivity contribution in [3.8, 4) is 0 Å². The number of nitrogens with two attached hydrogens (primary N) is 1. The van der Waals surface area contributed by atoms with Gasteiger partial charge < -0.3 is 10.8 Å². The molecular formula is C13H21NO. The van der Waals surface area contributed by atoms with Crippen LogP contribution in [0.15, 0.2) is 24.3 Å². The summed E-state index contributed by atoms with van der Waals surface area (Å²) >= 11 is 0. The summed E-state index contributed by atoms with van der Waals surface area (Å²) in [6.45, 7) is 8.26. The van der Waals surface area contributed by atoms with Gasteiger partial charge in [-0.05, 0) is 17.9 Å². The molecule has 2 heteroatoms. The topological polar surface area (TPSA) is 46.2 Å². The maximum Gasteiger partial charge on any atom is 0.107 e. The van der Waals surface area contributed by atoms with Gasteiger partial charge in [0, 0.05) is 6.54 Å². The summed E-state index contributed by atoms with van der Waals surface area (Å²) in [5.74, 6) is 0. The molecule has 3 N–H and O–H groups in total. The highest BCUT2D eigenvalue weighted by atomic mass is 16.3. The average Bonchev–Trinajstić information content (AvgIpc) is 2.14. The zero-order chi connectivity index (χ0) is 11.7. The van der Waals surface area contributed by atoms with Gasteiger partial charge >= 0.3 is 0 Å². The van der Waals surface area contributed by atoms with Crippen LogP contribution >= 0.6 is 0 Å². The Hall–Kier alpha value is -0.860. The smallest absolute Gasteiger partial charge is 0.107 e. The Morgan fingerprint density at radius 1 is 1.27 bits per heavy atom. The largest absolute Gasteiger partial charge is 0.383 e. The molecule has 0 aliphatic heterocycles. The van der Waals surface area contributed by atoms with Crippen LogP contribution < -0.4 is 5.73 Å². The molecule has 15 heavy (non-hydrogen) atoms. The number of hydrogen-bond donors (Lipinski definition) is 2. The van der Waals surface area contributed by atoms with Crippen molar-refractivity contribution >= 4 is 0 Å². The molecule has 0 heterocycles. The number of aliphatic hydroxyl groups is 1. The van der Waals surface area contributed by atoms with Crippen molar-refractivity contribution < 1.29 is 5.11 Å². The van der Waals surface area contributed by atoms with E-state index in [1.165, 1.54) is 0 Å². The van der Waals surface area contributed by atoms with E-state index in [2.05, 4.69) is 0 Å². The van der Waals surface area contributed by atoms with Gasteiger partial charge in [-0.25, -0.2) is 0 Å². The van der Waals surface area contributed by atoms with Gasteiger partial charge in [0.25, 0.3) is 0 Å². The lowest BCUT2D eigenvalue weighted by molar-refractivity contribution is -0.0557. The van der Waals surface area contributed by atoms with Crippen LogP contribution in [0.4, 0.5) is 0 Å². The summed E-state index contributed by atoms with van der Waals surface area (Å²) in [7, 11) is 0. The molecule has 1 unspecified atom stereocenters. The molecule has 0 aromatic heterocycles. The summed E-state index contributed by atoms with van der Waals surface area (Å²) in [6.07, 6.45) is 0. The van der Waals surface area contributed by atoms with Gasteiger partial charge in [-0.15, -0.1) is 0 Å². The summed E-state index contributed by atoms with van der Waals surface area (Å²) in [4.78, 5) is 0. The predicted octanol–water partition coefficient (Wildman–Crippen LogP) is 2.19. The lowest BCUT2D eigenvalue weighted by Gasteiger charge is -2.40.